The summed E-state index contributed by atoms with van der Waals surface area (Å²) < 4.78 is 4.65. The van der Waals surface area contributed by atoms with Crippen LogP contribution in [0.25, 0.3) is 0 Å². The molecule has 0 atom stereocenters. The van der Waals surface area contributed by atoms with Crippen molar-refractivity contribution in [1.29, 1.82) is 0 Å². The van der Waals surface area contributed by atoms with Crippen molar-refractivity contribution in [2.75, 3.05) is 13.2 Å². The molecule has 80 valence electrons. The van der Waals surface area contributed by atoms with Crippen LogP contribution in [0.1, 0.15) is 27.2 Å². The first kappa shape index (κ1) is 12.6. The lowest BCUT2D eigenvalue weighted by Gasteiger charge is -2.02. The molecule has 0 aromatic rings. The maximum Gasteiger partial charge on any atom is 0.364 e. The minimum atomic E-state index is -0.729. The van der Waals surface area contributed by atoms with E-state index >= 15 is 0 Å². The first-order valence-corrected chi connectivity index (χ1v) is 4.57. The third-order valence-electron chi connectivity index (χ3n) is 1.34. The first-order chi connectivity index (χ1) is 6.67. The molecule has 0 fully saturated rings. The Hall–Kier alpha value is -1.39. The zero-order valence-corrected chi connectivity index (χ0v) is 8.70. The van der Waals surface area contributed by atoms with Crippen LogP contribution in [0.15, 0.2) is 5.16 Å². The molecule has 0 amide bonds. The number of hydrogen-bond donors (Lipinski definition) is 0. The maximum absolute atomic E-state index is 11.2. The molecule has 0 saturated carbocycles. The zero-order valence-electron chi connectivity index (χ0n) is 8.70. The summed E-state index contributed by atoms with van der Waals surface area (Å²) in [7, 11) is 0. The second kappa shape index (κ2) is 7.06. The smallest absolute Gasteiger partial charge is 0.364 e. The van der Waals surface area contributed by atoms with Gasteiger partial charge >= 0.3 is 5.97 Å². The van der Waals surface area contributed by atoms with E-state index in [1.54, 1.807) is 20.8 Å². The van der Waals surface area contributed by atoms with Crippen molar-refractivity contribution in [3.8, 4) is 0 Å². The number of carbonyl (C=O) groups is 2. The Morgan fingerprint density at radius 2 is 1.79 bits per heavy atom. The average molecular weight is 201 g/mol. The van der Waals surface area contributed by atoms with Gasteiger partial charge in [0, 0.05) is 6.42 Å². The number of Topliss-reactive ketones (excluding diaryl/α,β-unsaturated/α-hetero) is 1. The fourth-order valence-electron chi connectivity index (χ4n) is 0.698. The molecular weight excluding hydrogens is 186 g/mol. The van der Waals surface area contributed by atoms with Crippen LogP contribution in [0.3, 0.4) is 0 Å². The number of oxime groups is 1. The topological polar surface area (TPSA) is 65.0 Å². The molecule has 0 spiro atoms. The van der Waals surface area contributed by atoms with Crippen LogP contribution in [0.5, 0.6) is 0 Å². The molecule has 0 rings (SSSR count). The van der Waals surface area contributed by atoms with Crippen molar-refractivity contribution < 1.29 is 19.2 Å². The van der Waals surface area contributed by atoms with Crippen molar-refractivity contribution in [2.45, 2.75) is 27.2 Å². The zero-order chi connectivity index (χ0) is 11.0. The van der Waals surface area contributed by atoms with Crippen LogP contribution in [-0.2, 0) is 19.2 Å². The van der Waals surface area contributed by atoms with E-state index in [0.717, 1.165) is 0 Å². The highest BCUT2D eigenvalue weighted by Gasteiger charge is 2.20. The lowest BCUT2D eigenvalue weighted by Crippen LogP contribution is -2.26. The van der Waals surface area contributed by atoms with Gasteiger partial charge in [-0.15, -0.1) is 0 Å². The molecule has 0 saturated heterocycles. The second-order valence-electron chi connectivity index (χ2n) is 2.35. The second-order valence-corrected chi connectivity index (χ2v) is 2.35. The average Bonchev–Trinajstić information content (AvgIpc) is 2.18. The third-order valence-corrected chi connectivity index (χ3v) is 1.34. The summed E-state index contributed by atoms with van der Waals surface area (Å²) in [5.74, 6) is -1.11. The highest BCUT2D eigenvalue weighted by molar-refractivity contribution is 6.64. The molecule has 0 aliphatic carbocycles. The molecule has 0 aliphatic heterocycles. The van der Waals surface area contributed by atoms with Gasteiger partial charge in [-0.25, -0.2) is 4.79 Å². The normalized spacial score (nSPS) is 10.9. The SMILES string of the molecule is CCO/N=C(/C(=O)CC)C(=O)OCC. The van der Waals surface area contributed by atoms with Crippen molar-refractivity contribution in [3.05, 3.63) is 0 Å². The number of ketones is 1. The highest BCUT2D eigenvalue weighted by atomic mass is 16.6. The van der Waals surface area contributed by atoms with Crippen LogP contribution in [-0.4, -0.2) is 30.7 Å². The van der Waals surface area contributed by atoms with E-state index < -0.39 is 5.97 Å². The monoisotopic (exact) mass is 201 g/mol. The van der Waals surface area contributed by atoms with Crippen LogP contribution in [0.2, 0.25) is 0 Å². The Bertz CT molecular complexity index is 235. The molecule has 0 aromatic heterocycles. The standard InChI is InChI=1S/C9H15NO4/c1-4-7(11)8(10-14-6-3)9(12)13-5-2/h4-6H2,1-3H3/b10-8-. The minimum Gasteiger partial charge on any atom is -0.461 e. The molecule has 0 unspecified atom stereocenters. The minimum absolute atomic E-state index is 0.199. The van der Waals surface area contributed by atoms with Gasteiger partial charge in [-0.05, 0) is 13.8 Å². The van der Waals surface area contributed by atoms with E-state index in [1.165, 1.54) is 0 Å². The Morgan fingerprint density at radius 3 is 2.21 bits per heavy atom. The first-order valence-electron chi connectivity index (χ1n) is 4.57. The van der Waals surface area contributed by atoms with Gasteiger partial charge in [0.1, 0.15) is 6.61 Å². The van der Waals surface area contributed by atoms with Gasteiger partial charge in [0.15, 0.2) is 5.78 Å². The van der Waals surface area contributed by atoms with Gasteiger partial charge in [-0.2, -0.15) is 0 Å². The fraction of sp³-hybridized carbons (Fsp3) is 0.667. The summed E-state index contributed by atoms with van der Waals surface area (Å²) in [4.78, 5) is 27.1. The molecule has 5 heteroatoms. The lowest BCUT2D eigenvalue weighted by molar-refractivity contribution is -0.136. The highest BCUT2D eigenvalue weighted by Crippen LogP contribution is 1.93. The number of ether oxygens (including phenoxy) is 1. The largest absolute Gasteiger partial charge is 0.461 e. The summed E-state index contributed by atoms with van der Waals surface area (Å²) in [6.45, 7) is 5.53. The maximum atomic E-state index is 11.2. The van der Waals surface area contributed by atoms with Crippen LogP contribution >= 0.6 is 0 Å². The van der Waals surface area contributed by atoms with Crippen LogP contribution < -0.4 is 0 Å². The summed E-state index contributed by atoms with van der Waals surface area (Å²) in [5, 5.41) is 3.42. The molecule has 0 radical (unpaired) electrons. The van der Waals surface area contributed by atoms with Gasteiger partial charge in [-0.3, -0.25) is 4.79 Å². The number of esters is 1. The molecule has 0 aromatic carbocycles. The summed E-state index contributed by atoms with van der Waals surface area (Å²) >= 11 is 0. The van der Waals surface area contributed by atoms with E-state index in [4.69, 9.17) is 0 Å². The molecule has 0 heterocycles. The quantitative estimate of drug-likeness (QED) is 0.277. The number of nitrogens with zero attached hydrogens (tertiary/aromatic N) is 1. The molecule has 5 nitrogen and oxygen atoms in total. The van der Waals surface area contributed by atoms with Crippen molar-refractivity contribution in [2.24, 2.45) is 5.16 Å². The molecular formula is C9H15NO4. The van der Waals surface area contributed by atoms with Crippen molar-refractivity contribution in [3.63, 3.8) is 0 Å². The van der Waals surface area contributed by atoms with E-state index in [0.29, 0.717) is 6.61 Å². The van der Waals surface area contributed by atoms with Crippen LogP contribution in [0.4, 0.5) is 0 Å². The summed E-state index contributed by atoms with van der Waals surface area (Å²) in [6.07, 6.45) is 0.199. The van der Waals surface area contributed by atoms with E-state index in [9.17, 15) is 9.59 Å². The Balaban J connectivity index is 4.54. The molecule has 0 bridgehead atoms. The molecule has 0 N–H and O–H groups in total. The number of rotatable bonds is 6. The van der Waals surface area contributed by atoms with Gasteiger partial charge in [0.25, 0.3) is 0 Å². The Morgan fingerprint density at radius 1 is 1.14 bits per heavy atom. The Labute approximate surface area is 83.1 Å². The van der Waals surface area contributed by atoms with Crippen molar-refractivity contribution >= 4 is 17.5 Å². The third kappa shape index (κ3) is 4.02. The van der Waals surface area contributed by atoms with Gasteiger partial charge in [0.05, 0.1) is 6.61 Å². The summed E-state index contributed by atoms with van der Waals surface area (Å²) in [5.41, 5.74) is -0.267. The predicted octanol–water partition coefficient (Wildman–Crippen LogP) is 0.921. The van der Waals surface area contributed by atoms with Gasteiger partial charge < -0.3 is 9.57 Å². The number of carbonyl (C=O) groups excluding carboxylic acids is 2. The molecule has 14 heavy (non-hydrogen) atoms. The molecule has 0 aliphatic rings. The van der Waals surface area contributed by atoms with Crippen molar-refractivity contribution in [1.82, 2.24) is 0 Å². The predicted molar refractivity (Wildman–Crippen MR) is 51.0 cm³/mol. The Kier molecular flexibility index (Phi) is 6.36. The lowest BCUT2D eigenvalue weighted by atomic mass is 10.2. The van der Waals surface area contributed by atoms with E-state index in [2.05, 4.69) is 14.7 Å². The fourth-order valence-corrected chi connectivity index (χ4v) is 0.698. The number of hydrogen-bond acceptors (Lipinski definition) is 5. The van der Waals surface area contributed by atoms with E-state index in [-0.39, 0.29) is 24.5 Å². The summed E-state index contributed by atoms with van der Waals surface area (Å²) in [6, 6.07) is 0. The van der Waals surface area contributed by atoms with E-state index in [1.807, 2.05) is 0 Å². The van der Waals surface area contributed by atoms with Crippen LogP contribution in [0, 0.1) is 0 Å². The van der Waals surface area contributed by atoms with Gasteiger partial charge in [0.2, 0.25) is 5.71 Å². The van der Waals surface area contributed by atoms with Gasteiger partial charge in [-0.1, -0.05) is 12.1 Å².